The fourth-order valence-electron chi connectivity index (χ4n) is 4.07. The van der Waals surface area contributed by atoms with Crippen molar-refractivity contribution >= 4 is 10.8 Å². The average Bonchev–Trinajstić information content (AvgIpc) is 3.26. The molecule has 0 aromatic heterocycles. The Morgan fingerprint density at radius 2 is 1.56 bits per heavy atom. The summed E-state index contributed by atoms with van der Waals surface area (Å²) >= 11 is 0. The van der Waals surface area contributed by atoms with Crippen LogP contribution in [0.5, 0.6) is 0 Å². The second-order valence-electron chi connectivity index (χ2n) is 7.70. The molecule has 27 heavy (non-hydrogen) atoms. The van der Waals surface area contributed by atoms with Crippen LogP contribution in [0, 0.1) is 6.92 Å². The highest BCUT2D eigenvalue weighted by atomic mass is 16.6. The molecular formula is C23H30O4. The van der Waals surface area contributed by atoms with Crippen LogP contribution < -0.4 is 0 Å². The maximum atomic E-state index is 6.09. The van der Waals surface area contributed by atoms with Crippen LogP contribution in [0.15, 0.2) is 36.4 Å². The van der Waals surface area contributed by atoms with Crippen molar-refractivity contribution in [3.63, 3.8) is 0 Å². The number of hydrogen-bond donors (Lipinski definition) is 0. The molecule has 0 aliphatic carbocycles. The van der Waals surface area contributed by atoms with Crippen LogP contribution in [-0.4, -0.2) is 50.8 Å². The third kappa shape index (κ3) is 4.35. The van der Waals surface area contributed by atoms with Gasteiger partial charge >= 0.3 is 0 Å². The summed E-state index contributed by atoms with van der Waals surface area (Å²) in [5.74, 6) is 0. The predicted molar refractivity (Wildman–Crippen MR) is 106 cm³/mol. The molecule has 2 aliphatic heterocycles. The number of fused-ring (bicyclic) bond motifs is 2. The summed E-state index contributed by atoms with van der Waals surface area (Å²) in [6, 6.07) is 13.3. The second-order valence-corrected chi connectivity index (χ2v) is 7.70. The Balaban J connectivity index is 1.23. The van der Waals surface area contributed by atoms with Gasteiger partial charge in [-0.25, -0.2) is 0 Å². The molecule has 2 aromatic rings. The molecule has 0 unspecified atom stereocenters. The largest absolute Gasteiger partial charge is 0.373 e. The Kier molecular flexibility index (Phi) is 6.08. The molecule has 0 amide bonds. The van der Waals surface area contributed by atoms with Gasteiger partial charge in [0.05, 0.1) is 13.2 Å². The van der Waals surface area contributed by atoms with Gasteiger partial charge in [0.2, 0.25) is 0 Å². The van der Waals surface area contributed by atoms with Crippen molar-refractivity contribution in [1.29, 1.82) is 0 Å². The first-order valence-corrected chi connectivity index (χ1v) is 10.2. The molecule has 146 valence electrons. The molecule has 0 spiro atoms. The highest BCUT2D eigenvalue weighted by Gasteiger charge is 2.48. The van der Waals surface area contributed by atoms with Crippen molar-refractivity contribution in [2.75, 3.05) is 26.4 Å². The van der Waals surface area contributed by atoms with Crippen LogP contribution in [0.2, 0.25) is 0 Å². The molecule has 0 N–H and O–H groups in total. The highest BCUT2D eigenvalue weighted by molar-refractivity contribution is 5.83. The minimum Gasteiger partial charge on any atom is -0.373 e. The van der Waals surface area contributed by atoms with E-state index in [0.717, 1.165) is 32.5 Å². The lowest BCUT2D eigenvalue weighted by molar-refractivity contribution is -0.0503. The molecule has 2 fully saturated rings. The van der Waals surface area contributed by atoms with Crippen molar-refractivity contribution < 1.29 is 18.9 Å². The molecule has 0 saturated carbocycles. The van der Waals surface area contributed by atoms with Crippen molar-refractivity contribution in [2.45, 2.75) is 57.5 Å². The first kappa shape index (κ1) is 18.9. The Morgan fingerprint density at radius 1 is 0.889 bits per heavy atom. The molecule has 4 heteroatoms. The zero-order valence-corrected chi connectivity index (χ0v) is 16.4. The van der Waals surface area contributed by atoms with Gasteiger partial charge in [0.1, 0.15) is 24.4 Å². The fourth-order valence-corrected chi connectivity index (χ4v) is 4.07. The Hall–Kier alpha value is -1.46. The topological polar surface area (TPSA) is 36.9 Å². The van der Waals surface area contributed by atoms with Gasteiger partial charge in [-0.2, -0.15) is 0 Å². The summed E-state index contributed by atoms with van der Waals surface area (Å²) in [5, 5.41) is 2.62. The lowest BCUT2D eigenvalue weighted by Gasteiger charge is -2.17. The molecule has 4 rings (SSSR count). The van der Waals surface area contributed by atoms with Gasteiger partial charge < -0.3 is 18.9 Å². The minimum absolute atomic E-state index is 0.0239. The maximum absolute atomic E-state index is 6.09. The number of rotatable bonds is 8. The molecule has 2 aliphatic rings. The SMILES string of the molecule is CCCO[C@@H]1CO[C@H]2[C@@H]1OC[C@H]2OCCCc1ccc2cc(C)ccc2c1. The Bertz CT molecular complexity index is 759. The summed E-state index contributed by atoms with van der Waals surface area (Å²) in [7, 11) is 0. The van der Waals surface area contributed by atoms with Crippen molar-refractivity contribution in [1.82, 2.24) is 0 Å². The number of ether oxygens (including phenoxy) is 4. The van der Waals surface area contributed by atoms with Gasteiger partial charge in [-0.15, -0.1) is 0 Å². The normalized spacial score (nSPS) is 27.3. The monoisotopic (exact) mass is 370 g/mol. The summed E-state index contributed by atoms with van der Waals surface area (Å²) in [6.07, 6.45) is 3.19. The van der Waals surface area contributed by atoms with E-state index < -0.39 is 0 Å². The molecule has 2 heterocycles. The van der Waals surface area contributed by atoms with Crippen molar-refractivity contribution in [3.05, 3.63) is 47.5 Å². The molecule has 4 atom stereocenters. The van der Waals surface area contributed by atoms with E-state index in [0.29, 0.717) is 13.2 Å². The molecule has 0 radical (unpaired) electrons. The standard InChI is InChI=1S/C23H30O4/c1-3-10-24-20-14-26-23-21(15-27-22(20)23)25-11-4-5-17-7-9-18-12-16(2)6-8-19(18)13-17/h6-9,12-13,20-23H,3-5,10-11,14-15H2,1-2H3/t20-,21-,22-,23-/m1/s1. The first-order chi connectivity index (χ1) is 13.2. The van der Waals surface area contributed by atoms with Gasteiger partial charge in [0.15, 0.2) is 0 Å². The number of aryl methyl sites for hydroxylation is 2. The van der Waals surface area contributed by atoms with Gasteiger partial charge in [-0.1, -0.05) is 48.9 Å². The van der Waals surface area contributed by atoms with E-state index in [1.165, 1.54) is 21.9 Å². The Morgan fingerprint density at radius 3 is 2.30 bits per heavy atom. The molecular weight excluding hydrogens is 340 g/mol. The van der Waals surface area contributed by atoms with Gasteiger partial charge in [0.25, 0.3) is 0 Å². The highest BCUT2D eigenvalue weighted by Crippen LogP contribution is 2.30. The second kappa shape index (κ2) is 8.70. The molecule has 0 bridgehead atoms. The zero-order chi connectivity index (χ0) is 18.6. The molecule has 2 aromatic carbocycles. The van der Waals surface area contributed by atoms with E-state index in [4.69, 9.17) is 18.9 Å². The van der Waals surface area contributed by atoms with Gasteiger partial charge in [0, 0.05) is 13.2 Å². The van der Waals surface area contributed by atoms with Gasteiger partial charge in [-0.05, 0) is 42.5 Å². The van der Waals surface area contributed by atoms with Crippen LogP contribution in [0.1, 0.15) is 30.9 Å². The average molecular weight is 370 g/mol. The van der Waals surface area contributed by atoms with E-state index in [2.05, 4.69) is 50.2 Å². The fraction of sp³-hybridized carbons (Fsp3) is 0.565. The lowest BCUT2D eigenvalue weighted by atomic mass is 10.0. The van der Waals surface area contributed by atoms with Crippen LogP contribution >= 0.6 is 0 Å². The summed E-state index contributed by atoms with van der Waals surface area (Å²) in [4.78, 5) is 0. The smallest absolute Gasteiger partial charge is 0.115 e. The van der Waals surface area contributed by atoms with E-state index in [1.807, 2.05) is 0 Å². The van der Waals surface area contributed by atoms with E-state index >= 15 is 0 Å². The summed E-state index contributed by atoms with van der Waals surface area (Å²) in [5.41, 5.74) is 2.66. The quantitative estimate of drug-likeness (QED) is 0.657. The van der Waals surface area contributed by atoms with Gasteiger partial charge in [-0.3, -0.25) is 0 Å². The minimum atomic E-state index is 0.0239. The summed E-state index contributed by atoms with van der Waals surface area (Å²) in [6.45, 7) is 6.96. The first-order valence-electron chi connectivity index (χ1n) is 10.2. The summed E-state index contributed by atoms with van der Waals surface area (Å²) < 4.78 is 23.7. The van der Waals surface area contributed by atoms with Crippen LogP contribution in [0.25, 0.3) is 10.8 Å². The van der Waals surface area contributed by atoms with Crippen molar-refractivity contribution in [2.24, 2.45) is 0 Å². The lowest BCUT2D eigenvalue weighted by Crippen LogP contribution is -2.34. The molecule has 2 saturated heterocycles. The maximum Gasteiger partial charge on any atom is 0.115 e. The third-order valence-electron chi connectivity index (χ3n) is 5.50. The van der Waals surface area contributed by atoms with Crippen LogP contribution in [0.3, 0.4) is 0 Å². The third-order valence-corrected chi connectivity index (χ3v) is 5.50. The zero-order valence-electron chi connectivity index (χ0n) is 16.4. The predicted octanol–water partition coefficient (Wildman–Crippen LogP) is 4.06. The number of hydrogen-bond acceptors (Lipinski definition) is 4. The van der Waals surface area contributed by atoms with Crippen LogP contribution in [0.4, 0.5) is 0 Å². The van der Waals surface area contributed by atoms with Crippen molar-refractivity contribution in [3.8, 4) is 0 Å². The molecule has 4 nitrogen and oxygen atoms in total. The van der Waals surface area contributed by atoms with E-state index in [-0.39, 0.29) is 24.4 Å². The Labute approximate surface area is 161 Å². The number of benzene rings is 2. The van der Waals surface area contributed by atoms with E-state index in [1.54, 1.807) is 0 Å². The van der Waals surface area contributed by atoms with E-state index in [9.17, 15) is 0 Å². The van der Waals surface area contributed by atoms with Crippen LogP contribution in [-0.2, 0) is 25.4 Å².